The molecule has 0 fully saturated rings. The molecule has 0 saturated heterocycles. The summed E-state index contributed by atoms with van der Waals surface area (Å²) in [4.78, 5) is 8.98. The van der Waals surface area contributed by atoms with Crippen LogP contribution in [0.2, 0.25) is 0 Å². The van der Waals surface area contributed by atoms with Gasteiger partial charge < -0.3 is 19.9 Å². The monoisotopic (exact) mass is 272 g/mol. The molecule has 0 bridgehead atoms. The summed E-state index contributed by atoms with van der Waals surface area (Å²) >= 11 is 1.70. The first kappa shape index (κ1) is 15.4. The molecule has 0 atom stereocenters. The van der Waals surface area contributed by atoms with Crippen molar-refractivity contribution >= 4 is 16.5 Å². The number of rotatable bonds is 9. The molecule has 1 aromatic heterocycles. The first-order chi connectivity index (χ1) is 8.63. The molecular formula is C12H24N4OS. The van der Waals surface area contributed by atoms with E-state index in [4.69, 9.17) is 4.74 Å². The average molecular weight is 272 g/mol. The summed E-state index contributed by atoms with van der Waals surface area (Å²) in [5, 5.41) is 6.49. The standard InChI is InChI=1S/C12H24N4OS/c1-15(2)6-7-16(3)12-14-11(10-18-12)9-13-5-8-17-4/h10,13H,5-9H2,1-4H3. The van der Waals surface area contributed by atoms with Gasteiger partial charge in [0.05, 0.1) is 12.3 Å². The molecule has 0 radical (unpaired) electrons. The smallest absolute Gasteiger partial charge is 0.185 e. The van der Waals surface area contributed by atoms with Crippen molar-refractivity contribution in [2.45, 2.75) is 6.54 Å². The van der Waals surface area contributed by atoms with Crippen molar-refractivity contribution in [2.24, 2.45) is 0 Å². The van der Waals surface area contributed by atoms with Crippen LogP contribution in [0, 0.1) is 0 Å². The lowest BCUT2D eigenvalue weighted by atomic mass is 10.5. The second-order valence-electron chi connectivity index (χ2n) is 4.52. The molecule has 1 heterocycles. The molecule has 0 aliphatic carbocycles. The number of likely N-dealkylation sites (N-methyl/N-ethyl adjacent to an activating group) is 2. The summed E-state index contributed by atoms with van der Waals surface area (Å²) in [7, 11) is 7.97. The third kappa shape index (κ3) is 5.77. The predicted octanol–water partition coefficient (Wildman–Crippen LogP) is 0.877. The summed E-state index contributed by atoms with van der Waals surface area (Å²) in [6, 6.07) is 0. The van der Waals surface area contributed by atoms with Crippen LogP contribution in [0.5, 0.6) is 0 Å². The van der Waals surface area contributed by atoms with Gasteiger partial charge in [-0.15, -0.1) is 11.3 Å². The quantitative estimate of drug-likeness (QED) is 0.676. The lowest BCUT2D eigenvalue weighted by molar-refractivity contribution is 0.199. The molecule has 104 valence electrons. The number of anilines is 1. The maximum atomic E-state index is 4.98. The molecule has 1 rings (SSSR count). The van der Waals surface area contributed by atoms with Crippen LogP contribution in [0.4, 0.5) is 5.13 Å². The molecule has 0 spiro atoms. The van der Waals surface area contributed by atoms with Crippen LogP contribution in [0.25, 0.3) is 0 Å². The summed E-state index contributed by atoms with van der Waals surface area (Å²) in [6.45, 7) is 4.44. The number of nitrogens with one attached hydrogen (secondary N) is 1. The van der Waals surface area contributed by atoms with Gasteiger partial charge in [-0.25, -0.2) is 4.98 Å². The first-order valence-electron chi connectivity index (χ1n) is 6.13. The molecule has 1 N–H and O–H groups in total. The molecule has 0 amide bonds. The topological polar surface area (TPSA) is 40.6 Å². The van der Waals surface area contributed by atoms with Crippen LogP contribution in [0.3, 0.4) is 0 Å². The van der Waals surface area contributed by atoms with Gasteiger partial charge in [0.1, 0.15) is 0 Å². The number of hydrogen-bond acceptors (Lipinski definition) is 6. The van der Waals surface area contributed by atoms with Crippen molar-refractivity contribution in [3.05, 3.63) is 11.1 Å². The highest BCUT2D eigenvalue weighted by Gasteiger charge is 2.06. The van der Waals surface area contributed by atoms with Crippen LogP contribution in [-0.2, 0) is 11.3 Å². The maximum absolute atomic E-state index is 4.98. The molecule has 0 aromatic carbocycles. The summed E-state index contributed by atoms with van der Waals surface area (Å²) in [6.07, 6.45) is 0. The van der Waals surface area contributed by atoms with E-state index in [1.54, 1.807) is 18.4 Å². The van der Waals surface area contributed by atoms with Crippen molar-refractivity contribution in [1.82, 2.24) is 15.2 Å². The van der Waals surface area contributed by atoms with Crippen LogP contribution in [0.15, 0.2) is 5.38 Å². The number of methoxy groups -OCH3 is 1. The first-order valence-corrected chi connectivity index (χ1v) is 7.01. The Hall–Kier alpha value is -0.690. The second kappa shape index (κ2) is 8.42. The molecule has 0 saturated carbocycles. The van der Waals surface area contributed by atoms with Gasteiger partial charge in [0.2, 0.25) is 0 Å². The van der Waals surface area contributed by atoms with E-state index >= 15 is 0 Å². The average Bonchev–Trinajstić information content (AvgIpc) is 2.80. The van der Waals surface area contributed by atoms with Gasteiger partial charge in [-0.1, -0.05) is 0 Å². The Morgan fingerprint density at radius 1 is 1.33 bits per heavy atom. The Morgan fingerprint density at radius 2 is 2.11 bits per heavy atom. The number of hydrogen-bond donors (Lipinski definition) is 1. The highest BCUT2D eigenvalue weighted by molar-refractivity contribution is 7.13. The van der Waals surface area contributed by atoms with E-state index in [1.807, 2.05) is 0 Å². The number of aromatic nitrogens is 1. The predicted molar refractivity (Wildman–Crippen MR) is 77.5 cm³/mol. The van der Waals surface area contributed by atoms with Crippen molar-refractivity contribution in [1.29, 1.82) is 0 Å². The van der Waals surface area contributed by atoms with Crippen molar-refractivity contribution in [3.63, 3.8) is 0 Å². The Bertz CT molecular complexity index is 330. The minimum atomic E-state index is 0.736. The van der Waals surface area contributed by atoms with Gasteiger partial charge in [0, 0.05) is 45.7 Å². The van der Waals surface area contributed by atoms with Crippen molar-refractivity contribution in [2.75, 3.05) is 59.4 Å². The third-order valence-electron chi connectivity index (χ3n) is 2.54. The molecule has 0 unspecified atom stereocenters. The van der Waals surface area contributed by atoms with E-state index in [0.29, 0.717) is 0 Å². The molecule has 0 aliphatic heterocycles. The maximum Gasteiger partial charge on any atom is 0.185 e. The fourth-order valence-corrected chi connectivity index (χ4v) is 2.21. The summed E-state index contributed by atoms with van der Waals surface area (Å²) in [5.41, 5.74) is 1.10. The molecule has 5 nitrogen and oxygen atoms in total. The number of ether oxygens (including phenoxy) is 1. The van der Waals surface area contributed by atoms with Crippen LogP contribution in [-0.4, -0.2) is 64.4 Å². The van der Waals surface area contributed by atoms with Crippen LogP contribution < -0.4 is 10.2 Å². The molecule has 1 aromatic rings. The molecular weight excluding hydrogens is 248 g/mol. The van der Waals surface area contributed by atoms with E-state index in [-0.39, 0.29) is 0 Å². The highest BCUT2D eigenvalue weighted by Crippen LogP contribution is 2.18. The summed E-state index contributed by atoms with van der Waals surface area (Å²) < 4.78 is 4.98. The fourth-order valence-electron chi connectivity index (χ4n) is 1.39. The highest BCUT2D eigenvalue weighted by atomic mass is 32.1. The van der Waals surface area contributed by atoms with Crippen LogP contribution in [0.1, 0.15) is 5.69 Å². The zero-order valence-electron chi connectivity index (χ0n) is 11.8. The van der Waals surface area contributed by atoms with E-state index in [2.05, 4.69) is 46.6 Å². The van der Waals surface area contributed by atoms with Gasteiger partial charge in [-0.3, -0.25) is 0 Å². The largest absolute Gasteiger partial charge is 0.383 e. The van der Waals surface area contributed by atoms with Gasteiger partial charge in [-0.05, 0) is 14.1 Å². The van der Waals surface area contributed by atoms with Gasteiger partial charge >= 0.3 is 0 Å². The van der Waals surface area contributed by atoms with Crippen LogP contribution >= 0.6 is 11.3 Å². The lowest BCUT2D eigenvalue weighted by Gasteiger charge is -2.18. The zero-order valence-corrected chi connectivity index (χ0v) is 12.6. The van der Waals surface area contributed by atoms with E-state index < -0.39 is 0 Å². The van der Waals surface area contributed by atoms with E-state index in [1.165, 1.54) is 0 Å². The second-order valence-corrected chi connectivity index (χ2v) is 5.35. The van der Waals surface area contributed by atoms with Gasteiger partial charge in [-0.2, -0.15) is 0 Å². The van der Waals surface area contributed by atoms with Crippen molar-refractivity contribution < 1.29 is 4.74 Å². The molecule has 18 heavy (non-hydrogen) atoms. The SMILES string of the molecule is COCCNCc1csc(N(C)CCN(C)C)n1. The van der Waals surface area contributed by atoms with Gasteiger partial charge in [0.25, 0.3) is 0 Å². The third-order valence-corrected chi connectivity index (χ3v) is 3.54. The number of nitrogens with zero attached hydrogens (tertiary/aromatic N) is 3. The minimum Gasteiger partial charge on any atom is -0.383 e. The molecule has 6 heteroatoms. The molecule has 0 aliphatic rings. The van der Waals surface area contributed by atoms with Crippen molar-refractivity contribution in [3.8, 4) is 0 Å². The minimum absolute atomic E-state index is 0.736. The Morgan fingerprint density at radius 3 is 2.78 bits per heavy atom. The Balaban J connectivity index is 2.32. The van der Waals surface area contributed by atoms with Gasteiger partial charge in [0.15, 0.2) is 5.13 Å². The zero-order chi connectivity index (χ0) is 13.4. The number of thiazole rings is 1. The normalized spacial score (nSPS) is 11.2. The fraction of sp³-hybridized carbons (Fsp3) is 0.750. The Kier molecular flexibility index (Phi) is 7.19. The van der Waals surface area contributed by atoms with E-state index in [9.17, 15) is 0 Å². The van der Waals surface area contributed by atoms with E-state index in [0.717, 1.165) is 43.6 Å². The summed E-state index contributed by atoms with van der Waals surface area (Å²) in [5.74, 6) is 0. The lowest BCUT2D eigenvalue weighted by Crippen LogP contribution is -2.28. The Labute approximate surface area is 114 Å².